The number of fused-ring (bicyclic) bond motifs is 1. The Balaban J connectivity index is 1.54. The summed E-state index contributed by atoms with van der Waals surface area (Å²) in [7, 11) is -3.37. The predicted octanol–water partition coefficient (Wildman–Crippen LogP) is 2.81. The molecule has 0 N–H and O–H groups in total. The molecule has 0 atom stereocenters. The number of aryl methyl sites for hydroxylation is 2. The van der Waals surface area contributed by atoms with Gasteiger partial charge in [0.05, 0.1) is 11.5 Å². The zero-order valence-corrected chi connectivity index (χ0v) is 14.9. The molecule has 0 saturated carbocycles. The van der Waals surface area contributed by atoms with Crippen molar-refractivity contribution < 1.29 is 13.2 Å². The fourth-order valence-electron chi connectivity index (χ4n) is 3.87. The van der Waals surface area contributed by atoms with E-state index in [4.69, 9.17) is 4.74 Å². The van der Waals surface area contributed by atoms with Gasteiger partial charge in [-0.1, -0.05) is 6.07 Å². The Morgan fingerprint density at radius 3 is 2.52 bits per heavy atom. The van der Waals surface area contributed by atoms with Crippen molar-refractivity contribution in [3.8, 4) is 0 Å². The van der Waals surface area contributed by atoms with Gasteiger partial charge in [0.25, 0.3) is 0 Å². The van der Waals surface area contributed by atoms with Crippen molar-refractivity contribution in [3.63, 3.8) is 0 Å². The Hall–Kier alpha value is -0.560. The lowest BCUT2D eigenvalue weighted by atomic mass is 9.92. The van der Waals surface area contributed by atoms with Crippen LogP contribution in [0.1, 0.15) is 36.8 Å². The second-order valence-corrected chi connectivity index (χ2v) is 10.0. The summed E-state index contributed by atoms with van der Waals surface area (Å²) in [5, 5.41) is 0. The van der Waals surface area contributed by atoms with Crippen molar-refractivity contribution in [2.75, 3.05) is 25.4 Å². The Labute approximate surface area is 142 Å². The minimum absolute atomic E-state index is 0.123. The lowest BCUT2D eigenvalue weighted by molar-refractivity contribution is 0.0162. The molecule has 126 valence electrons. The van der Waals surface area contributed by atoms with Crippen molar-refractivity contribution in [2.24, 2.45) is 0 Å². The summed E-state index contributed by atoms with van der Waals surface area (Å²) in [5.41, 5.74) is 2.55. The highest BCUT2D eigenvalue weighted by molar-refractivity contribution is 8.00. The SMILES string of the molecule is O=S(=O)(c1ccc2c(c1)CCCC2)N1CCC2(CC1)OCCS2. The van der Waals surface area contributed by atoms with Gasteiger partial charge in [-0.15, -0.1) is 11.8 Å². The van der Waals surface area contributed by atoms with Crippen LogP contribution in [-0.2, 0) is 27.6 Å². The third kappa shape index (κ3) is 2.95. The van der Waals surface area contributed by atoms with Crippen LogP contribution in [0.3, 0.4) is 0 Å². The summed E-state index contributed by atoms with van der Waals surface area (Å²) in [6.45, 7) is 1.92. The number of nitrogens with zero attached hydrogens (tertiary/aromatic N) is 1. The van der Waals surface area contributed by atoms with Crippen molar-refractivity contribution in [1.82, 2.24) is 4.31 Å². The Bertz CT molecular complexity index is 686. The topological polar surface area (TPSA) is 46.6 Å². The van der Waals surface area contributed by atoms with E-state index in [1.807, 2.05) is 23.9 Å². The van der Waals surface area contributed by atoms with Gasteiger partial charge in [0.2, 0.25) is 10.0 Å². The lowest BCUT2D eigenvalue weighted by Gasteiger charge is -2.37. The van der Waals surface area contributed by atoms with Crippen LogP contribution in [0.4, 0.5) is 0 Å². The average Bonchev–Trinajstić information content (AvgIpc) is 3.03. The first-order valence-electron chi connectivity index (χ1n) is 8.49. The van der Waals surface area contributed by atoms with Gasteiger partial charge in [-0.25, -0.2) is 8.42 Å². The zero-order chi connectivity index (χ0) is 15.9. The molecule has 1 aromatic rings. The van der Waals surface area contributed by atoms with Gasteiger partial charge >= 0.3 is 0 Å². The molecule has 4 rings (SSSR count). The molecule has 2 saturated heterocycles. The van der Waals surface area contributed by atoms with Crippen molar-refractivity contribution in [1.29, 1.82) is 0 Å². The normalized spacial score (nSPS) is 24.7. The van der Waals surface area contributed by atoms with Crippen molar-refractivity contribution >= 4 is 21.8 Å². The van der Waals surface area contributed by atoms with E-state index in [1.165, 1.54) is 17.5 Å². The smallest absolute Gasteiger partial charge is 0.243 e. The standard InChI is InChI=1S/C17H23NO3S2/c19-23(20,16-6-5-14-3-1-2-4-15(14)13-16)18-9-7-17(8-10-18)21-11-12-22-17/h5-6,13H,1-4,7-12H2. The molecule has 0 unspecified atom stereocenters. The van der Waals surface area contributed by atoms with Gasteiger partial charge in [0, 0.05) is 18.8 Å². The third-order valence-electron chi connectivity index (χ3n) is 5.26. The number of rotatable bonds is 2. The van der Waals surface area contributed by atoms with Gasteiger partial charge in [-0.05, 0) is 61.8 Å². The number of sulfonamides is 1. The van der Waals surface area contributed by atoms with E-state index < -0.39 is 10.0 Å². The molecule has 4 nitrogen and oxygen atoms in total. The Morgan fingerprint density at radius 2 is 1.83 bits per heavy atom. The number of thioether (sulfide) groups is 1. The average molecular weight is 354 g/mol. The minimum Gasteiger partial charge on any atom is -0.363 e. The van der Waals surface area contributed by atoms with Crippen LogP contribution < -0.4 is 0 Å². The summed E-state index contributed by atoms with van der Waals surface area (Å²) in [5.74, 6) is 1.03. The fourth-order valence-corrected chi connectivity index (χ4v) is 6.54. The molecule has 1 aromatic carbocycles. The summed E-state index contributed by atoms with van der Waals surface area (Å²) < 4.78 is 33.4. The van der Waals surface area contributed by atoms with E-state index in [9.17, 15) is 8.42 Å². The van der Waals surface area contributed by atoms with E-state index >= 15 is 0 Å². The minimum atomic E-state index is -3.37. The molecule has 3 aliphatic rings. The van der Waals surface area contributed by atoms with E-state index in [-0.39, 0.29) is 4.93 Å². The Kier molecular flexibility index (Phi) is 4.20. The van der Waals surface area contributed by atoms with Crippen LogP contribution in [0, 0.1) is 0 Å². The number of hydrogen-bond acceptors (Lipinski definition) is 4. The summed E-state index contributed by atoms with van der Waals surface area (Å²) in [6, 6.07) is 5.72. The molecule has 2 fully saturated rings. The van der Waals surface area contributed by atoms with Crippen LogP contribution >= 0.6 is 11.8 Å². The molecule has 0 amide bonds. The van der Waals surface area contributed by atoms with Crippen LogP contribution in [-0.4, -0.2) is 43.1 Å². The van der Waals surface area contributed by atoms with E-state index in [2.05, 4.69) is 0 Å². The molecule has 0 bridgehead atoms. The number of benzene rings is 1. The summed E-state index contributed by atoms with van der Waals surface area (Å²) in [4.78, 5) is 0.344. The molecular formula is C17H23NO3S2. The molecule has 23 heavy (non-hydrogen) atoms. The monoisotopic (exact) mass is 353 g/mol. The van der Waals surface area contributed by atoms with E-state index in [0.29, 0.717) is 18.0 Å². The van der Waals surface area contributed by atoms with E-state index in [0.717, 1.165) is 44.5 Å². The van der Waals surface area contributed by atoms with E-state index in [1.54, 1.807) is 10.4 Å². The third-order valence-corrected chi connectivity index (χ3v) is 8.57. The van der Waals surface area contributed by atoms with Gasteiger partial charge in [0.15, 0.2) is 0 Å². The number of hydrogen-bond donors (Lipinski definition) is 0. The zero-order valence-electron chi connectivity index (χ0n) is 13.3. The highest BCUT2D eigenvalue weighted by Gasteiger charge is 2.42. The second-order valence-electron chi connectivity index (χ2n) is 6.65. The number of ether oxygens (including phenoxy) is 1. The highest BCUT2D eigenvalue weighted by Crippen LogP contribution is 2.42. The Morgan fingerprint density at radius 1 is 1.09 bits per heavy atom. The summed E-state index contributed by atoms with van der Waals surface area (Å²) in [6.07, 6.45) is 6.05. The quantitative estimate of drug-likeness (QED) is 0.820. The molecule has 6 heteroatoms. The van der Waals surface area contributed by atoms with Crippen LogP contribution in [0.2, 0.25) is 0 Å². The van der Waals surface area contributed by atoms with Gasteiger partial charge < -0.3 is 4.74 Å². The first-order chi connectivity index (χ1) is 11.1. The molecule has 1 spiro atoms. The largest absolute Gasteiger partial charge is 0.363 e. The van der Waals surface area contributed by atoms with Gasteiger partial charge in [-0.2, -0.15) is 4.31 Å². The predicted molar refractivity (Wildman–Crippen MR) is 92.2 cm³/mol. The van der Waals surface area contributed by atoms with Crippen molar-refractivity contribution in [3.05, 3.63) is 29.3 Å². The maximum Gasteiger partial charge on any atom is 0.243 e. The number of piperidine rings is 1. The molecule has 1 aliphatic carbocycles. The van der Waals surface area contributed by atoms with Gasteiger partial charge in [-0.3, -0.25) is 0 Å². The van der Waals surface area contributed by atoms with Crippen LogP contribution in [0.5, 0.6) is 0 Å². The maximum absolute atomic E-state index is 13.0. The van der Waals surface area contributed by atoms with Crippen LogP contribution in [0.25, 0.3) is 0 Å². The highest BCUT2D eigenvalue weighted by atomic mass is 32.2. The molecular weight excluding hydrogens is 330 g/mol. The second kappa shape index (κ2) is 6.06. The van der Waals surface area contributed by atoms with Crippen LogP contribution in [0.15, 0.2) is 23.1 Å². The van der Waals surface area contributed by atoms with Crippen molar-refractivity contribution in [2.45, 2.75) is 48.4 Å². The molecule has 2 aliphatic heterocycles. The first kappa shape index (κ1) is 15.9. The molecule has 2 heterocycles. The molecule has 0 radical (unpaired) electrons. The maximum atomic E-state index is 13.0. The molecule has 0 aromatic heterocycles. The lowest BCUT2D eigenvalue weighted by Crippen LogP contribution is -2.45. The fraction of sp³-hybridized carbons (Fsp3) is 0.647. The van der Waals surface area contributed by atoms with Gasteiger partial charge in [0.1, 0.15) is 4.93 Å². The first-order valence-corrected chi connectivity index (χ1v) is 10.9. The summed E-state index contributed by atoms with van der Waals surface area (Å²) >= 11 is 1.85.